The minimum absolute atomic E-state index is 0.0177. The second kappa shape index (κ2) is 17.2. The molecule has 0 radical (unpaired) electrons. The Labute approximate surface area is 174 Å². The van der Waals surface area contributed by atoms with Gasteiger partial charge in [-0.15, -0.1) is 0 Å². The number of alkyl carbamates (subject to hydrolysis) is 1. The van der Waals surface area contributed by atoms with Gasteiger partial charge in [0, 0.05) is 39.1 Å². The van der Waals surface area contributed by atoms with Gasteiger partial charge in [-0.05, 0) is 40.5 Å². The highest BCUT2D eigenvalue weighted by Crippen LogP contribution is 2.06. The number of Topliss-reactive ketones (excluding diaryl/α,β-unsaturated/α-hetero) is 1. The van der Waals surface area contributed by atoms with Crippen molar-refractivity contribution in [2.24, 2.45) is 0 Å². The van der Waals surface area contributed by atoms with Gasteiger partial charge in [0.25, 0.3) is 0 Å². The van der Waals surface area contributed by atoms with Crippen LogP contribution in [0.15, 0.2) is 0 Å². The Kier molecular flexibility index (Phi) is 16.2. The first kappa shape index (κ1) is 27.3. The normalized spacial score (nSPS) is 11.2. The monoisotopic (exact) mass is 418 g/mol. The van der Waals surface area contributed by atoms with Crippen LogP contribution in [0, 0.1) is 0 Å². The van der Waals surface area contributed by atoms with Gasteiger partial charge in [0.1, 0.15) is 11.4 Å². The minimum atomic E-state index is -0.492. The SMILES string of the molecule is CC(=O)CCC(=O)NCCCOCCOCCOCCCNC(=O)OC(C)(C)C. The lowest BCUT2D eigenvalue weighted by Gasteiger charge is -2.19. The molecule has 2 N–H and O–H groups in total. The fraction of sp³-hybridized carbons (Fsp3) is 0.850. The van der Waals surface area contributed by atoms with Crippen LogP contribution >= 0.6 is 0 Å². The lowest BCUT2D eigenvalue weighted by molar-refractivity contribution is -0.124. The van der Waals surface area contributed by atoms with Crippen LogP contribution in [-0.4, -0.2) is 76.1 Å². The van der Waals surface area contributed by atoms with Gasteiger partial charge in [-0.3, -0.25) is 4.79 Å². The van der Waals surface area contributed by atoms with E-state index < -0.39 is 11.7 Å². The third kappa shape index (κ3) is 22.4. The third-order valence-corrected chi connectivity index (χ3v) is 3.37. The summed E-state index contributed by atoms with van der Waals surface area (Å²) in [7, 11) is 0. The third-order valence-electron chi connectivity index (χ3n) is 3.37. The van der Waals surface area contributed by atoms with E-state index in [9.17, 15) is 14.4 Å². The summed E-state index contributed by atoms with van der Waals surface area (Å²) < 4.78 is 21.3. The molecule has 9 nitrogen and oxygen atoms in total. The van der Waals surface area contributed by atoms with Gasteiger partial charge >= 0.3 is 6.09 Å². The van der Waals surface area contributed by atoms with Crippen LogP contribution in [0.5, 0.6) is 0 Å². The first-order valence-corrected chi connectivity index (χ1v) is 10.2. The zero-order valence-corrected chi connectivity index (χ0v) is 18.3. The first-order chi connectivity index (χ1) is 13.7. The minimum Gasteiger partial charge on any atom is -0.444 e. The van der Waals surface area contributed by atoms with Crippen LogP contribution in [-0.2, 0) is 28.5 Å². The molecular weight excluding hydrogens is 380 g/mol. The molecule has 0 aromatic carbocycles. The summed E-state index contributed by atoms with van der Waals surface area (Å²) in [6.45, 7) is 11.0. The van der Waals surface area contributed by atoms with Crippen molar-refractivity contribution in [2.75, 3.05) is 52.7 Å². The maximum Gasteiger partial charge on any atom is 0.407 e. The molecule has 29 heavy (non-hydrogen) atoms. The molecule has 0 aliphatic rings. The maximum absolute atomic E-state index is 11.4. The largest absolute Gasteiger partial charge is 0.444 e. The van der Waals surface area contributed by atoms with E-state index in [1.165, 1.54) is 6.92 Å². The summed E-state index contributed by atoms with van der Waals surface area (Å²) in [6.07, 6.45) is 1.52. The van der Waals surface area contributed by atoms with Gasteiger partial charge in [-0.25, -0.2) is 4.79 Å². The molecule has 0 bridgehead atoms. The number of ether oxygens (including phenoxy) is 4. The van der Waals surface area contributed by atoms with Gasteiger partial charge < -0.3 is 34.4 Å². The Bertz CT molecular complexity index is 464. The molecule has 0 fully saturated rings. The number of nitrogens with one attached hydrogen (secondary N) is 2. The van der Waals surface area contributed by atoms with Crippen LogP contribution in [0.2, 0.25) is 0 Å². The number of carbonyl (C=O) groups is 3. The second-order valence-electron chi connectivity index (χ2n) is 7.52. The van der Waals surface area contributed by atoms with Crippen molar-refractivity contribution in [1.29, 1.82) is 0 Å². The van der Waals surface area contributed by atoms with E-state index in [0.717, 1.165) is 0 Å². The molecule has 0 unspecified atom stereocenters. The zero-order chi connectivity index (χ0) is 22.0. The fourth-order valence-electron chi connectivity index (χ4n) is 2.00. The number of ketones is 1. The van der Waals surface area contributed by atoms with Crippen molar-refractivity contribution in [3.05, 3.63) is 0 Å². The van der Waals surface area contributed by atoms with Crippen molar-refractivity contribution in [2.45, 2.75) is 59.0 Å². The summed E-state index contributed by atoms with van der Waals surface area (Å²) in [5.41, 5.74) is -0.492. The quantitative estimate of drug-likeness (QED) is 0.347. The van der Waals surface area contributed by atoms with E-state index in [1.807, 2.05) is 20.8 Å². The number of carbonyl (C=O) groups excluding carboxylic acids is 3. The number of amides is 2. The molecule has 0 saturated heterocycles. The molecule has 0 spiro atoms. The molecule has 2 amide bonds. The lowest BCUT2D eigenvalue weighted by Crippen LogP contribution is -2.33. The summed E-state index contributed by atoms with van der Waals surface area (Å²) in [6, 6.07) is 0. The Morgan fingerprint density at radius 3 is 1.69 bits per heavy atom. The average molecular weight is 419 g/mol. The lowest BCUT2D eigenvalue weighted by atomic mass is 10.2. The molecule has 0 aliphatic carbocycles. The molecule has 0 atom stereocenters. The molecule has 9 heteroatoms. The van der Waals surface area contributed by atoms with Crippen molar-refractivity contribution in [3.63, 3.8) is 0 Å². The van der Waals surface area contributed by atoms with Crippen LogP contribution < -0.4 is 10.6 Å². The van der Waals surface area contributed by atoms with Crippen LogP contribution in [0.25, 0.3) is 0 Å². The highest BCUT2D eigenvalue weighted by atomic mass is 16.6. The number of hydrogen-bond donors (Lipinski definition) is 2. The fourth-order valence-corrected chi connectivity index (χ4v) is 2.00. The number of rotatable bonds is 17. The van der Waals surface area contributed by atoms with Crippen molar-refractivity contribution in [1.82, 2.24) is 10.6 Å². The topological polar surface area (TPSA) is 112 Å². The molecule has 0 saturated carbocycles. The highest BCUT2D eigenvalue weighted by molar-refractivity contribution is 5.83. The van der Waals surface area contributed by atoms with E-state index in [-0.39, 0.29) is 24.5 Å². The summed E-state index contributed by atoms with van der Waals surface area (Å²) in [5, 5.41) is 5.41. The van der Waals surface area contributed by atoms with Gasteiger partial charge in [-0.1, -0.05) is 0 Å². The molecule has 0 aromatic rings. The standard InChI is InChI=1S/C20H38N2O7/c1-17(23)7-8-18(24)21-9-5-11-26-13-15-28-16-14-27-12-6-10-22-19(25)29-20(2,3)4/h5-16H2,1-4H3,(H,21,24)(H,22,25). The van der Waals surface area contributed by atoms with E-state index >= 15 is 0 Å². The predicted octanol–water partition coefficient (Wildman–Crippen LogP) is 1.83. The van der Waals surface area contributed by atoms with Crippen molar-refractivity contribution < 1.29 is 33.3 Å². The molecule has 0 aliphatic heterocycles. The van der Waals surface area contributed by atoms with Crippen molar-refractivity contribution >= 4 is 17.8 Å². The van der Waals surface area contributed by atoms with Crippen molar-refractivity contribution in [3.8, 4) is 0 Å². The summed E-state index contributed by atoms with van der Waals surface area (Å²) >= 11 is 0. The van der Waals surface area contributed by atoms with E-state index in [2.05, 4.69) is 10.6 Å². The first-order valence-electron chi connectivity index (χ1n) is 10.2. The van der Waals surface area contributed by atoms with Crippen LogP contribution in [0.3, 0.4) is 0 Å². The molecule has 170 valence electrons. The van der Waals surface area contributed by atoms with E-state index in [4.69, 9.17) is 18.9 Å². The summed E-state index contributed by atoms with van der Waals surface area (Å²) in [5.74, 6) is -0.0896. The van der Waals surface area contributed by atoms with Gasteiger partial charge in [-0.2, -0.15) is 0 Å². The second-order valence-corrected chi connectivity index (χ2v) is 7.52. The Morgan fingerprint density at radius 1 is 0.724 bits per heavy atom. The van der Waals surface area contributed by atoms with Crippen LogP contribution in [0.1, 0.15) is 53.4 Å². The van der Waals surface area contributed by atoms with E-state index in [0.29, 0.717) is 65.6 Å². The van der Waals surface area contributed by atoms with Gasteiger partial charge in [0.2, 0.25) is 5.91 Å². The van der Waals surface area contributed by atoms with Crippen LogP contribution in [0.4, 0.5) is 4.79 Å². The van der Waals surface area contributed by atoms with Gasteiger partial charge in [0.05, 0.1) is 26.4 Å². The zero-order valence-electron chi connectivity index (χ0n) is 18.3. The maximum atomic E-state index is 11.4. The number of hydrogen-bond acceptors (Lipinski definition) is 7. The molecule has 0 heterocycles. The highest BCUT2D eigenvalue weighted by Gasteiger charge is 2.15. The average Bonchev–Trinajstić information content (AvgIpc) is 2.61. The molecule has 0 rings (SSSR count). The predicted molar refractivity (Wildman–Crippen MR) is 109 cm³/mol. The Balaban J connectivity index is 3.23. The van der Waals surface area contributed by atoms with Gasteiger partial charge in [0.15, 0.2) is 0 Å². The smallest absolute Gasteiger partial charge is 0.407 e. The molecule has 0 aromatic heterocycles. The summed E-state index contributed by atoms with van der Waals surface area (Å²) in [4.78, 5) is 33.6. The molecular formula is C20H38N2O7. The Hall–Kier alpha value is -1.71. The Morgan fingerprint density at radius 2 is 1.21 bits per heavy atom. The van der Waals surface area contributed by atoms with E-state index in [1.54, 1.807) is 0 Å².